The fourth-order valence-electron chi connectivity index (χ4n) is 2.10. The lowest BCUT2D eigenvalue weighted by Crippen LogP contribution is -2.41. The van der Waals surface area contributed by atoms with Crippen LogP contribution in [-0.4, -0.2) is 33.6 Å². The monoisotopic (exact) mass is 286 g/mol. The summed E-state index contributed by atoms with van der Waals surface area (Å²) in [6.45, 7) is 4.16. The molecule has 0 atom stereocenters. The lowest BCUT2D eigenvalue weighted by Gasteiger charge is -2.35. The van der Waals surface area contributed by atoms with Crippen molar-refractivity contribution in [1.82, 2.24) is 9.97 Å². The lowest BCUT2D eigenvalue weighted by atomic mass is 9.89. The van der Waals surface area contributed by atoms with Crippen molar-refractivity contribution in [2.75, 3.05) is 11.9 Å². The quantitative estimate of drug-likeness (QED) is 0.507. The maximum absolute atomic E-state index is 11.0. The number of ether oxygens (including phenoxy) is 1. The Bertz CT molecular complexity index is 491. The van der Waals surface area contributed by atoms with E-state index in [1.165, 1.54) is 0 Å². The zero-order chi connectivity index (χ0) is 14.0. The molecule has 7 nitrogen and oxygen atoms in total. The normalized spacial score (nSPS) is 21.8. The summed E-state index contributed by atoms with van der Waals surface area (Å²) in [7, 11) is 0. The van der Waals surface area contributed by atoms with E-state index < -0.39 is 4.92 Å². The Kier molecular flexibility index (Phi) is 4.16. The molecule has 0 bridgehead atoms. The van der Waals surface area contributed by atoms with Gasteiger partial charge in [-0.25, -0.2) is 4.98 Å². The van der Waals surface area contributed by atoms with Crippen molar-refractivity contribution in [2.24, 2.45) is 0 Å². The summed E-state index contributed by atoms with van der Waals surface area (Å²) in [6, 6.07) is 0.126. The highest BCUT2D eigenvalue weighted by molar-refractivity contribution is 6.28. The second-order valence-corrected chi connectivity index (χ2v) is 4.76. The minimum atomic E-state index is -0.493. The predicted molar refractivity (Wildman–Crippen MR) is 70.5 cm³/mol. The molecular formula is C11H15ClN4O3. The van der Waals surface area contributed by atoms with Crippen LogP contribution in [0, 0.1) is 17.0 Å². The second-order valence-electron chi connectivity index (χ2n) is 4.42. The summed E-state index contributed by atoms with van der Waals surface area (Å²) < 4.78 is 5.44. The molecule has 0 saturated heterocycles. The van der Waals surface area contributed by atoms with Crippen LogP contribution in [0.25, 0.3) is 0 Å². The van der Waals surface area contributed by atoms with E-state index >= 15 is 0 Å². The van der Waals surface area contributed by atoms with Gasteiger partial charge in [0.15, 0.2) is 0 Å². The molecule has 19 heavy (non-hydrogen) atoms. The first kappa shape index (κ1) is 14.0. The van der Waals surface area contributed by atoms with Gasteiger partial charge in [-0.15, -0.1) is 0 Å². The molecule has 104 valence electrons. The molecule has 1 aliphatic rings. The smallest absolute Gasteiger partial charge is 0.332 e. The molecule has 1 aromatic heterocycles. The van der Waals surface area contributed by atoms with E-state index in [1.807, 2.05) is 6.92 Å². The van der Waals surface area contributed by atoms with Crippen molar-refractivity contribution >= 4 is 23.1 Å². The highest BCUT2D eigenvalue weighted by atomic mass is 35.5. The summed E-state index contributed by atoms with van der Waals surface area (Å²) in [6.07, 6.45) is 1.84. The molecule has 8 heteroatoms. The molecule has 1 fully saturated rings. The minimum absolute atomic E-state index is 0.00582. The van der Waals surface area contributed by atoms with Gasteiger partial charge in [-0.3, -0.25) is 10.1 Å². The van der Waals surface area contributed by atoms with Crippen LogP contribution in [-0.2, 0) is 4.74 Å². The van der Waals surface area contributed by atoms with Crippen molar-refractivity contribution in [3.05, 3.63) is 21.1 Å². The highest BCUT2D eigenvalue weighted by Gasteiger charge is 2.32. The minimum Gasteiger partial charge on any atom is -0.378 e. The number of anilines is 1. The number of nitro groups is 1. The van der Waals surface area contributed by atoms with E-state index in [-0.39, 0.29) is 34.6 Å². The largest absolute Gasteiger partial charge is 0.378 e. The number of hydrogen-bond acceptors (Lipinski definition) is 6. The predicted octanol–water partition coefficient (Wildman–Crippen LogP) is 2.33. The molecular weight excluding hydrogens is 272 g/mol. The van der Waals surface area contributed by atoms with Crippen LogP contribution < -0.4 is 5.32 Å². The van der Waals surface area contributed by atoms with Crippen LogP contribution in [0.1, 0.15) is 25.5 Å². The number of nitrogens with one attached hydrogen (secondary N) is 1. The SMILES string of the molecule is CCOC1CC(Nc2nc(Cl)nc(C)c2[N+](=O)[O-])C1. The van der Waals surface area contributed by atoms with Gasteiger partial charge in [0.05, 0.1) is 11.0 Å². The Hall–Kier alpha value is -1.47. The number of hydrogen-bond donors (Lipinski definition) is 1. The van der Waals surface area contributed by atoms with Gasteiger partial charge in [0.25, 0.3) is 0 Å². The molecule has 2 rings (SSSR count). The first-order valence-electron chi connectivity index (χ1n) is 6.08. The van der Waals surface area contributed by atoms with Gasteiger partial charge in [0.1, 0.15) is 5.69 Å². The zero-order valence-corrected chi connectivity index (χ0v) is 11.5. The van der Waals surface area contributed by atoms with Crippen LogP contribution in [0.2, 0.25) is 5.28 Å². The van der Waals surface area contributed by atoms with Gasteiger partial charge in [0.2, 0.25) is 11.1 Å². The number of halogens is 1. The average Bonchev–Trinajstić information content (AvgIpc) is 2.24. The number of nitrogens with zero attached hydrogens (tertiary/aromatic N) is 3. The fraction of sp³-hybridized carbons (Fsp3) is 0.636. The average molecular weight is 287 g/mol. The Morgan fingerprint density at radius 2 is 2.21 bits per heavy atom. The van der Waals surface area contributed by atoms with E-state index in [0.29, 0.717) is 6.61 Å². The summed E-state index contributed by atoms with van der Waals surface area (Å²) in [5.41, 5.74) is 0.137. The van der Waals surface area contributed by atoms with Crippen LogP contribution in [0.15, 0.2) is 0 Å². The van der Waals surface area contributed by atoms with Gasteiger partial charge in [-0.1, -0.05) is 0 Å². The van der Waals surface area contributed by atoms with Crippen LogP contribution in [0.3, 0.4) is 0 Å². The molecule has 1 heterocycles. The summed E-state index contributed by atoms with van der Waals surface area (Å²) in [5, 5.41) is 14.1. The molecule has 0 aromatic carbocycles. The number of aryl methyl sites for hydroxylation is 1. The van der Waals surface area contributed by atoms with Gasteiger partial charge >= 0.3 is 5.69 Å². The van der Waals surface area contributed by atoms with Crippen LogP contribution in [0.4, 0.5) is 11.5 Å². The van der Waals surface area contributed by atoms with Crippen LogP contribution in [0.5, 0.6) is 0 Å². The fourth-order valence-corrected chi connectivity index (χ4v) is 2.31. The summed E-state index contributed by atoms with van der Waals surface area (Å²) >= 11 is 5.74. The molecule has 0 aliphatic heterocycles. The lowest BCUT2D eigenvalue weighted by molar-refractivity contribution is -0.385. The maximum Gasteiger partial charge on any atom is 0.332 e. The Balaban J connectivity index is 2.10. The Morgan fingerprint density at radius 1 is 1.53 bits per heavy atom. The summed E-state index contributed by atoms with van der Waals surface area (Å²) in [5.74, 6) is 0.183. The second kappa shape index (κ2) is 5.66. The molecule has 1 saturated carbocycles. The molecule has 1 aliphatic carbocycles. The van der Waals surface area contributed by atoms with Crippen LogP contribution >= 0.6 is 11.6 Å². The Labute approximate surface area is 115 Å². The molecule has 0 radical (unpaired) electrons. The maximum atomic E-state index is 11.0. The third kappa shape index (κ3) is 3.10. The molecule has 0 unspecified atom stereocenters. The van der Waals surface area contributed by atoms with E-state index in [0.717, 1.165) is 12.8 Å². The molecule has 0 spiro atoms. The van der Waals surface area contributed by atoms with Gasteiger partial charge < -0.3 is 10.1 Å². The van der Waals surface area contributed by atoms with Gasteiger partial charge in [-0.2, -0.15) is 4.98 Å². The first-order valence-corrected chi connectivity index (χ1v) is 6.45. The van der Waals surface area contributed by atoms with Crippen molar-refractivity contribution in [2.45, 2.75) is 38.8 Å². The number of aromatic nitrogens is 2. The zero-order valence-electron chi connectivity index (χ0n) is 10.7. The molecule has 1 aromatic rings. The van der Waals surface area contributed by atoms with Gasteiger partial charge in [0, 0.05) is 12.6 Å². The molecule has 1 N–H and O–H groups in total. The van der Waals surface area contributed by atoms with Crippen molar-refractivity contribution in [3.63, 3.8) is 0 Å². The van der Waals surface area contributed by atoms with Crippen molar-refractivity contribution in [3.8, 4) is 0 Å². The summed E-state index contributed by atoms with van der Waals surface area (Å²) in [4.78, 5) is 18.2. The highest BCUT2D eigenvalue weighted by Crippen LogP contribution is 2.31. The van der Waals surface area contributed by atoms with Gasteiger partial charge in [-0.05, 0) is 38.3 Å². The standard InChI is InChI=1S/C11H15ClN4O3/c1-3-19-8-4-7(5-8)14-10-9(16(17)18)6(2)13-11(12)15-10/h7-8H,3-5H2,1-2H3,(H,13,14,15). The topological polar surface area (TPSA) is 90.2 Å². The van der Waals surface area contributed by atoms with E-state index in [2.05, 4.69) is 15.3 Å². The van der Waals surface area contributed by atoms with E-state index in [9.17, 15) is 10.1 Å². The van der Waals surface area contributed by atoms with Crippen molar-refractivity contribution < 1.29 is 9.66 Å². The van der Waals surface area contributed by atoms with E-state index in [1.54, 1.807) is 6.92 Å². The third-order valence-electron chi connectivity index (χ3n) is 3.05. The Morgan fingerprint density at radius 3 is 2.79 bits per heavy atom. The van der Waals surface area contributed by atoms with Crippen molar-refractivity contribution in [1.29, 1.82) is 0 Å². The number of rotatable bonds is 5. The van der Waals surface area contributed by atoms with E-state index in [4.69, 9.17) is 16.3 Å². The molecule has 0 amide bonds. The first-order chi connectivity index (χ1) is 9.01. The third-order valence-corrected chi connectivity index (χ3v) is 3.22.